The van der Waals surface area contributed by atoms with E-state index < -0.39 is 0 Å². The maximum atomic E-state index is 11.5. The number of piperazine rings is 2. The number of nitrogens with zero attached hydrogens (tertiary/aromatic N) is 5. The van der Waals surface area contributed by atoms with Crippen molar-refractivity contribution in [2.45, 2.75) is 6.54 Å². The molecule has 1 N–H and O–H groups in total. The lowest BCUT2D eigenvalue weighted by molar-refractivity contribution is -0.0172. The molecule has 10 heteroatoms. The van der Waals surface area contributed by atoms with Gasteiger partial charge in [0.2, 0.25) is 0 Å². The van der Waals surface area contributed by atoms with Crippen LogP contribution < -0.4 is 5.32 Å². The van der Waals surface area contributed by atoms with E-state index in [0.29, 0.717) is 26.3 Å². The zero-order chi connectivity index (χ0) is 21.5. The van der Waals surface area contributed by atoms with E-state index in [4.69, 9.17) is 9.47 Å². The van der Waals surface area contributed by atoms with Crippen molar-refractivity contribution in [3.05, 3.63) is 35.9 Å². The van der Waals surface area contributed by atoms with Crippen molar-refractivity contribution in [3.63, 3.8) is 0 Å². The second kappa shape index (κ2) is 10.8. The number of rotatable bonds is 4. The number of nitrogens with one attached hydrogen (secondary N) is 1. The normalized spacial score (nSPS) is 23.4. The van der Waals surface area contributed by atoms with Crippen LogP contribution in [-0.4, -0.2) is 116 Å². The summed E-state index contributed by atoms with van der Waals surface area (Å²) >= 11 is 0. The van der Waals surface area contributed by atoms with E-state index in [-0.39, 0.29) is 12.2 Å². The van der Waals surface area contributed by atoms with E-state index in [1.807, 2.05) is 11.1 Å². The molecule has 10 nitrogen and oxygen atoms in total. The van der Waals surface area contributed by atoms with Crippen LogP contribution in [0.3, 0.4) is 0 Å². The van der Waals surface area contributed by atoms with E-state index in [9.17, 15) is 9.59 Å². The van der Waals surface area contributed by atoms with Crippen LogP contribution in [0, 0.1) is 0 Å². The predicted octanol–water partition coefficient (Wildman–Crippen LogP) is 0.430. The highest BCUT2D eigenvalue weighted by Gasteiger charge is 2.30. The Labute approximate surface area is 183 Å². The minimum Gasteiger partial charge on any atom is -0.447 e. The summed E-state index contributed by atoms with van der Waals surface area (Å²) in [5.41, 5.74) is 1.34. The zero-order valence-electron chi connectivity index (χ0n) is 17.9. The molecule has 0 atom stereocenters. The van der Waals surface area contributed by atoms with Gasteiger partial charge < -0.3 is 14.8 Å². The quantitative estimate of drug-likeness (QED) is 0.734. The molecule has 0 radical (unpaired) electrons. The minimum atomic E-state index is -0.198. The molecule has 1 aromatic rings. The van der Waals surface area contributed by atoms with Crippen molar-refractivity contribution in [1.82, 2.24) is 30.3 Å². The Morgan fingerprint density at radius 3 is 1.77 bits per heavy atom. The Morgan fingerprint density at radius 2 is 1.26 bits per heavy atom. The minimum absolute atomic E-state index is 0.197. The Hall–Kier alpha value is -2.40. The third-order valence-corrected chi connectivity index (χ3v) is 5.85. The van der Waals surface area contributed by atoms with Gasteiger partial charge in [-0.05, 0) is 5.56 Å². The molecule has 0 aliphatic carbocycles. The van der Waals surface area contributed by atoms with Crippen molar-refractivity contribution in [2.75, 3.05) is 78.7 Å². The van der Waals surface area contributed by atoms with Crippen LogP contribution in [0.5, 0.6) is 0 Å². The number of amides is 2. The van der Waals surface area contributed by atoms with Crippen molar-refractivity contribution in [2.24, 2.45) is 0 Å². The third kappa shape index (κ3) is 5.85. The molecular weight excluding hydrogens is 400 g/mol. The smallest absolute Gasteiger partial charge is 0.424 e. The molecule has 0 spiro atoms. The SMILES string of the molecule is O=C1OCCN1N1CCN(Cc2ccccc2)CC1.O=C1OCCN1N1CCNCC1. The highest BCUT2D eigenvalue weighted by molar-refractivity contribution is 5.69. The molecule has 31 heavy (non-hydrogen) atoms. The number of hydrogen-bond acceptors (Lipinski definition) is 8. The van der Waals surface area contributed by atoms with Gasteiger partial charge in [-0.25, -0.2) is 29.6 Å². The fourth-order valence-corrected chi connectivity index (χ4v) is 4.16. The summed E-state index contributed by atoms with van der Waals surface area (Å²) in [6, 6.07) is 10.5. The number of carbonyl (C=O) groups is 2. The van der Waals surface area contributed by atoms with Gasteiger partial charge in [-0.2, -0.15) is 0 Å². The largest absolute Gasteiger partial charge is 0.447 e. The Morgan fingerprint density at radius 1 is 0.710 bits per heavy atom. The van der Waals surface area contributed by atoms with Gasteiger partial charge in [0.15, 0.2) is 0 Å². The van der Waals surface area contributed by atoms with Crippen LogP contribution in [0.2, 0.25) is 0 Å². The number of hydrazine groups is 2. The molecule has 2 amide bonds. The summed E-state index contributed by atoms with van der Waals surface area (Å²) < 4.78 is 9.82. The van der Waals surface area contributed by atoms with E-state index in [1.54, 1.807) is 10.0 Å². The van der Waals surface area contributed by atoms with Crippen LogP contribution in [-0.2, 0) is 16.0 Å². The number of hydrogen-bond donors (Lipinski definition) is 1. The summed E-state index contributed by atoms with van der Waals surface area (Å²) in [5, 5.41) is 10.8. The first-order chi connectivity index (χ1) is 15.2. The lowest BCUT2D eigenvalue weighted by Gasteiger charge is -2.38. The molecule has 4 saturated heterocycles. The molecule has 4 fully saturated rings. The molecule has 4 aliphatic rings. The molecule has 0 aromatic heterocycles. The average Bonchev–Trinajstić information content (AvgIpc) is 3.44. The van der Waals surface area contributed by atoms with E-state index >= 15 is 0 Å². The topological polar surface area (TPSA) is 80.8 Å². The predicted molar refractivity (Wildman–Crippen MR) is 114 cm³/mol. The van der Waals surface area contributed by atoms with Crippen LogP contribution in [0.4, 0.5) is 9.59 Å². The van der Waals surface area contributed by atoms with E-state index in [1.165, 1.54) is 5.56 Å². The lowest BCUT2D eigenvalue weighted by atomic mass is 10.2. The fraction of sp³-hybridized carbons (Fsp3) is 0.619. The first-order valence-electron chi connectivity index (χ1n) is 11.1. The van der Waals surface area contributed by atoms with Gasteiger partial charge in [0, 0.05) is 58.9 Å². The lowest BCUT2D eigenvalue weighted by Crippen LogP contribution is -2.53. The van der Waals surface area contributed by atoms with Crippen LogP contribution in [0.15, 0.2) is 30.3 Å². The van der Waals surface area contributed by atoms with Crippen molar-refractivity contribution in [1.29, 1.82) is 0 Å². The highest BCUT2D eigenvalue weighted by Crippen LogP contribution is 2.13. The summed E-state index contributed by atoms with van der Waals surface area (Å²) in [5.74, 6) is 0. The number of cyclic esters (lactones) is 2. The second-order valence-electron chi connectivity index (χ2n) is 7.89. The van der Waals surface area contributed by atoms with Gasteiger partial charge in [-0.1, -0.05) is 30.3 Å². The van der Waals surface area contributed by atoms with Crippen LogP contribution >= 0.6 is 0 Å². The van der Waals surface area contributed by atoms with Gasteiger partial charge in [0.05, 0.1) is 13.1 Å². The van der Waals surface area contributed by atoms with Crippen LogP contribution in [0.1, 0.15) is 5.56 Å². The van der Waals surface area contributed by atoms with Crippen molar-refractivity contribution >= 4 is 12.2 Å². The highest BCUT2D eigenvalue weighted by atomic mass is 16.6. The molecule has 0 saturated carbocycles. The molecule has 1 aromatic carbocycles. The summed E-state index contributed by atoms with van der Waals surface area (Å²) in [4.78, 5) is 25.0. The van der Waals surface area contributed by atoms with Gasteiger partial charge in [0.25, 0.3) is 0 Å². The number of benzene rings is 1. The molecule has 5 rings (SSSR count). The first kappa shape index (κ1) is 21.8. The standard InChI is InChI=1S/C14H19N3O2.C7H13N3O2/c18-14-17(10-11-19-14)16-8-6-15(7-9-16)12-13-4-2-1-3-5-13;11-7-10(5-6-12-7)9-3-1-8-2-4-9/h1-5H,6-12H2;8H,1-6H2. The molecule has 0 bridgehead atoms. The maximum Gasteiger partial charge on any atom is 0.424 e. The molecule has 0 unspecified atom stereocenters. The van der Waals surface area contributed by atoms with E-state index in [2.05, 4.69) is 39.5 Å². The molecule has 170 valence electrons. The first-order valence-corrected chi connectivity index (χ1v) is 11.1. The van der Waals surface area contributed by atoms with Crippen LogP contribution in [0.25, 0.3) is 0 Å². The Balaban J connectivity index is 0.000000166. The summed E-state index contributed by atoms with van der Waals surface area (Å²) in [7, 11) is 0. The second-order valence-corrected chi connectivity index (χ2v) is 7.89. The van der Waals surface area contributed by atoms with Gasteiger partial charge >= 0.3 is 12.2 Å². The molecule has 4 heterocycles. The van der Waals surface area contributed by atoms with Crippen molar-refractivity contribution < 1.29 is 19.1 Å². The summed E-state index contributed by atoms with van der Waals surface area (Å²) in [6.45, 7) is 10.9. The number of carbonyl (C=O) groups excluding carboxylic acids is 2. The number of ether oxygens (including phenoxy) is 2. The zero-order valence-corrected chi connectivity index (χ0v) is 17.9. The molecule has 4 aliphatic heterocycles. The third-order valence-electron chi connectivity index (χ3n) is 5.85. The maximum absolute atomic E-state index is 11.5. The Bertz CT molecular complexity index is 722. The Kier molecular flexibility index (Phi) is 7.57. The van der Waals surface area contributed by atoms with Gasteiger partial charge in [-0.15, -0.1) is 0 Å². The molecular formula is C21H32N6O4. The fourth-order valence-electron chi connectivity index (χ4n) is 4.16. The monoisotopic (exact) mass is 432 g/mol. The van der Waals surface area contributed by atoms with Crippen molar-refractivity contribution in [3.8, 4) is 0 Å². The van der Waals surface area contributed by atoms with Gasteiger partial charge in [0.1, 0.15) is 13.2 Å². The van der Waals surface area contributed by atoms with Gasteiger partial charge in [-0.3, -0.25) is 4.90 Å². The summed E-state index contributed by atoms with van der Waals surface area (Å²) in [6.07, 6.45) is -0.395. The van der Waals surface area contributed by atoms with E-state index in [0.717, 1.165) is 58.9 Å². The average molecular weight is 433 g/mol.